The Kier molecular flexibility index (Phi) is 10.5. The van der Waals surface area contributed by atoms with Crippen LogP contribution in [0.15, 0.2) is 121 Å². The second-order valence-electron chi connectivity index (χ2n) is 14.6. The number of allylic oxidation sites excluding steroid dienone is 8. The third-order valence-electron chi connectivity index (χ3n) is 9.93. The van der Waals surface area contributed by atoms with Crippen LogP contribution in [0.25, 0.3) is 21.5 Å². The first kappa shape index (κ1) is 39.1. The fourth-order valence-electron chi connectivity index (χ4n) is 7.67. The van der Waals surface area contributed by atoms with Crippen LogP contribution in [0.5, 0.6) is 0 Å². The van der Waals surface area contributed by atoms with E-state index >= 15 is 0 Å². The summed E-state index contributed by atoms with van der Waals surface area (Å²) in [6.07, 6.45) is 20.3. The number of fused-ring (bicyclic) bond motifs is 6. The Hall–Kier alpha value is -4.16. The summed E-state index contributed by atoms with van der Waals surface area (Å²) in [5, 5.41) is 5.38. The minimum atomic E-state index is -10.7. The zero-order valence-corrected chi connectivity index (χ0v) is 31.7. The summed E-state index contributed by atoms with van der Waals surface area (Å²) in [6.45, 7) is 16.2. The molecule has 0 aromatic heterocycles. The van der Waals surface area contributed by atoms with E-state index in [1.165, 1.54) is 81.1 Å². The summed E-state index contributed by atoms with van der Waals surface area (Å²) in [4.78, 5) is 2.56. The Labute approximate surface area is 303 Å². The summed E-state index contributed by atoms with van der Waals surface area (Å²) >= 11 is 0. The van der Waals surface area contributed by atoms with Gasteiger partial charge in [0.25, 0.3) is 0 Å². The van der Waals surface area contributed by atoms with Gasteiger partial charge in [-0.05, 0) is 65.6 Å². The first-order valence-corrected chi connectivity index (χ1v) is 20.0. The van der Waals surface area contributed by atoms with Gasteiger partial charge in [0.15, 0.2) is 5.71 Å². The van der Waals surface area contributed by atoms with E-state index in [0.29, 0.717) is 0 Å². The number of halogens is 6. The number of benzene rings is 4. The molecule has 2 aliphatic heterocycles. The van der Waals surface area contributed by atoms with E-state index in [9.17, 15) is 25.2 Å². The molecule has 0 atom stereocenters. The maximum absolute atomic E-state index is 10.7. The summed E-state index contributed by atoms with van der Waals surface area (Å²) in [6, 6.07) is 26.9. The zero-order chi connectivity index (χ0) is 38.0. The molecule has 0 N–H and O–H groups in total. The molecule has 0 fully saturated rings. The van der Waals surface area contributed by atoms with Crippen LogP contribution in [-0.4, -0.2) is 23.4 Å². The molecule has 0 bridgehead atoms. The Morgan fingerprint density at radius 3 is 1.79 bits per heavy atom. The van der Waals surface area contributed by atoms with Crippen LogP contribution >= 0.6 is 7.81 Å². The van der Waals surface area contributed by atoms with E-state index in [1.807, 2.05) is 0 Å². The monoisotopic (exact) mass is 738 g/mol. The summed E-state index contributed by atoms with van der Waals surface area (Å²) in [5.41, 5.74) is 8.25. The van der Waals surface area contributed by atoms with Crippen LogP contribution < -0.4 is 4.90 Å². The summed E-state index contributed by atoms with van der Waals surface area (Å²) in [7, 11) is -10.7. The van der Waals surface area contributed by atoms with Gasteiger partial charge < -0.3 is 4.90 Å². The topological polar surface area (TPSA) is 6.25 Å². The normalized spacial score (nSPS) is 18.8. The molecule has 2 aliphatic rings. The van der Waals surface area contributed by atoms with Crippen LogP contribution in [0, 0.1) is 0 Å². The van der Waals surface area contributed by atoms with E-state index in [0.717, 1.165) is 13.1 Å². The molecule has 2 nitrogen and oxygen atoms in total. The van der Waals surface area contributed by atoms with Crippen molar-refractivity contribution in [1.29, 1.82) is 0 Å². The van der Waals surface area contributed by atoms with Crippen molar-refractivity contribution >= 4 is 46.4 Å². The molecule has 4 aromatic rings. The number of unbranched alkanes of at least 4 members (excludes halogenated alkanes) is 2. The van der Waals surface area contributed by atoms with E-state index in [-0.39, 0.29) is 10.8 Å². The van der Waals surface area contributed by atoms with Gasteiger partial charge in [-0.25, -0.2) is 0 Å². The van der Waals surface area contributed by atoms with Crippen LogP contribution in [0.3, 0.4) is 0 Å². The van der Waals surface area contributed by atoms with Gasteiger partial charge in [0.2, 0.25) is 5.69 Å². The Morgan fingerprint density at radius 2 is 1.17 bits per heavy atom. The van der Waals surface area contributed by atoms with Crippen molar-refractivity contribution in [3.05, 3.63) is 132 Å². The molecule has 52 heavy (non-hydrogen) atoms. The zero-order valence-electron chi connectivity index (χ0n) is 30.8. The second-order valence-corrected chi connectivity index (χ2v) is 16.6. The van der Waals surface area contributed by atoms with Crippen molar-refractivity contribution in [2.75, 3.05) is 18.0 Å². The first-order valence-electron chi connectivity index (χ1n) is 18.0. The molecular formula is C43H49F6N2P. The van der Waals surface area contributed by atoms with Gasteiger partial charge in [0.05, 0.1) is 5.41 Å². The van der Waals surface area contributed by atoms with Crippen molar-refractivity contribution in [2.45, 2.75) is 78.1 Å². The van der Waals surface area contributed by atoms with Crippen LogP contribution in [-0.2, 0) is 10.8 Å². The molecule has 9 heteroatoms. The quantitative estimate of drug-likeness (QED) is 0.0680. The molecule has 0 saturated heterocycles. The molecule has 0 aliphatic carbocycles. The SMILES string of the molecule is CCCCN1\C(=C/C=C/C=C/C=C/C2=[N+](CCCC)c3ccc4ccccc4c3C2(C)C)C(C)(C)c2c1ccc1ccccc21.F[P-](F)(F)(F)(F)F. The van der Waals surface area contributed by atoms with E-state index in [4.69, 9.17) is 0 Å². The molecule has 278 valence electrons. The number of anilines is 1. The molecule has 0 unspecified atom stereocenters. The number of hydrogen-bond donors (Lipinski definition) is 0. The molecule has 0 amide bonds. The van der Waals surface area contributed by atoms with Crippen molar-refractivity contribution in [3.63, 3.8) is 0 Å². The average molecular weight is 739 g/mol. The van der Waals surface area contributed by atoms with Gasteiger partial charge >= 0.3 is 33.0 Å². The van der Waals surface area contributed by atoms with E-state index < -0.39 is 7.81 Å². The van der Waals surface area contributed by atoms with Gasteiger partial charge in [-0.15, -0.1) is 0 Å². The van der Waals surface area contributed by atoms with Gasteiger partial charge in [-0.3, -0.25) is 0 Å². The molecule has 0 radical (unpaired) electrons. The van der Waals surface area contributed by atoms with E-state index in [2.05, 4.69) is 166 Å². The van der Waals surface area contributed by atoms with Gasteiger partial charge in [0.1, 0.15) is 6.54 Å². The minimum absolute atomic E-state index is 0.0658. The maximum atomic E-state index is 9.87. The van der Waals surface area contributed by atoms with Crippen LogP contribution in [0.4, 0.5) is 36.6 Å². The van der Waals surface area contributed by atoms with Gasteiger partial charge in [0, 0.05) is 47.5 Å². The second kappa shape index (κ2) is 14.0. The van der Waals surface area contributed by atoms with Crippen molar-refractivity contribution < 1.29 is 29.8 Å². The van der Waals surface area contributed by atoms with Crippen molar-refractivity contribution in [1.82, 2.24) is 0 Å². The number of rotatable bonds is 10. The number of hydrogen-bond acceptors (Lipinski definition) is 1. The Morgan fingerprint density at radius 1 is 0.635 bits per heavy atom. The van der Waals surface area contributed by atoms with Gasteiger partial charge in [-0.2, -0.15) is 4.58 Å². The fourth-order valence-corrected chi connectivity index (χ4v) is 7.67. The number of nitrogens with zero attached hydrogens (tertiary/aromatic N) is 2. The van der Waals surface area contributed by atoms with E-state index in [1.54, 1.807) is 0 Å². The standard InChI is InChI=1S/C43H49N2.F6P/c1-7-9-30-44-36-28-26-32-20-16-18-22-34(32)40(36)42(3,4)38(44)24-14-12-11-13-15-25-39-43(5,6)41-35-23-19-17-21-33(35)27-29-37(41)45(39)31-10-8-2;1-7(2,3,4,5)6/h11-29H,7-10,30-31H2,1-6H3;/q+1;-1. The first-order chi connectivity index (χ1) is 24.3. The molecule has 2 heterocycles. The summed E-state index contributed by atoms with van der Waals surface area (Å²) < 4.78 is 61.8. The fraction of sp³-hybridized carbons (Fsp3) is 0.326. The predicted octanol–water partition coefficient (Wildman–Crippen LogP) is 14.7. The summed E-state index contributed by atoms with van der Waals surface area (Å²) in [5.74, 6) is 0. The molecule has 0 saturated carbocycles. The van der Waals surface area contributed by atoms with Crippen LogP contribution in [0.1, 0.15) is 78.4 Å². The molecular weight excluding hydrogens is 689 g/mol. The third-order valence-corrected chi connectivity index (χ3v) is 9.93. The molecule has 4 aromatic carbocycles. The van der Waals surface area contributed by atoms with Crippen molar-refractivity contribution in [2.24, 2.45) is 0 Å². The van der Waals surface area contributed by atoms with Crippen molar-refractivity contribution in [3.8, 4) is 0 Å². The molecule has 0 spiro atoms. The third kappa shape index (κ3) is 8.89. The van der Waals surface area contributed by atoms with Gasteiger partial charge in [-0.1, -0.05) is 126 Å². The predicted molar refractivity (Wildman–Crippen MR) is 210 cm³/mol. The molecule has 6 rings (SSSR count). The average Bonchev–Trinajstić information content (AvgIpc) is 3.42. The van der Waals surface area contributed by atoms with Crippen LogP contribution in [0.2, 0.25) is 0 Å². The Bertz CT molecular complexity index is 2110. The Balaban J connectivity index is 0.000000679.